The van der Waals surface area contributed by atoms with E-state index in [-0.39, 0.29) is 30.1 Å². The van der Waals surface area contributed by atoms with Crippen molar-refractivity contribution < 1.29 is 14.3 Å². The zero-order valence-electron chi connectivity index (χ0n) is 19.2. The van der Waals surface area contributed by atoms with Gasteiger partial charge in [0.25, 0.3) is 11.3 Å². The fourth-order valence-electron chi connectivity index (χ4n) is 3.56. The average Bonchev–Trinajstić information content (AvgIpc) is 3.26. The molecule has 3 N–H and O–H groups in total. The highest BCUT2D eigenvalue weighted by Crippen LogP contribution is 2.29. The van der Waals surface area contributed by atoms with E-state index in [1.165, 1.54) is 11.6 Å². The van der Waals surface area contributed by atoms with Crippen LogP contribution in [0.2, 0.25) is 0 Å². The monoisotopic (exact) mass is 462 g/mol. The van der Waals surface area contributed by atoms with E-state index in [2.05, 4.69) is 25.7 Å². The second-order valence-corrected chi connectivity index (χ2v) is 7.64. The summed E-state index contributed by atoms with van der Waals surface area (Å²) >= 11 is 0. The summed E-state index contributed by atoms with van der Waals surface area (Å²) in [5.74, 6) is 1.57. The maximum absolute atomic E-state index is 13.0. The number of aryl methyl sites for hydroxylation is 1. The van der Waals surface area contributed by atoms with Crippen LogP contribution in [-0.4, -0.2) is 39.7 Å². The average molecular weight is 463 g/mol. The number of H-pyrrole nitrogens is 1. The molecule has 2 aromatic carbocycles. The van der Waals surface area contributed by atoms with Gasteiger partial charge in [-0.15, -0.1) is 0 Å². The Balaban J connectivity index is 1.45. The van der Waals surface area contributed by atoms with Crippen molar-refractivity contribution in [2.45, 2.75) is 26.3 Å². The molecular formula is C24H26N6O4. The van der Waals surface area contributed by atoms with Crippen molar-refractivity contribution in [1.29, 1.82) is 0 Å². The lowest BCUT2D eigenvalue weighted by Crippen LogP contribution is -2.23. The van der Waals surface area contributed by atoms with E-state index in [0.717, 1.165) is 5.56 Å². The SMILES string of the molecule is COc1ccc(NC(=O)CCc2c(C)nc3nc(NCc4ccccc4)[nH]n3c2=O)c(OC)c1. The molecule has 0 aliphatic carbocycles. The fourth-order valence-corrected chi connectivity index (χ4v) is 3.56. The number of nitrogens with zero attached hydrogens (tertiary/aromatic N) is 3. The van der Waals surface area contributed by atoms with Crippen molar-refractivity contribution in [2.24, 2.45) is 0 Å². The molecule has 0 fully saturated rings. The number of methoxy groups -OCH3 is 2. The summed E-state index contributed by atoms with van der Waals surface area (Å²) in [6.45, 7) is 2.29. The van der Waals surface area contributed by atoms with Gasteiger partial charge in [-0.1, -0.05) is 30.3 Å². The summed E-state index contributed by atoms with van der Waals surface area (Å²) in [5, 5.41) is 8.92. The highest BCUT2D eigenvalue weighted by atomic mass is 16.5. The second kappa shape index (κ2) is 10.1. The van der Waals surface area contributed by atoms with Gasteiger partial charge in [0.2, 0.25) is 11.9 Å². The first kappa shape index (κ1) is 22.8. The van der Waals surface area contributed by atoms with Crippen LogP contribution in [0.3, 0.4) is 0 Å². The van der Waals surface area contributed by atoms with Gasteiger partial charge < -0.3 is 20.1 Å². The molecule has 0 radical (unpaired) electrons. The fraction of sp³-hybridized carbons (Fsp3) is 0.250. The maximum Gasteiger partial charge on any atom is 0.277 e. The summed E-state index contributed by atoms with van der Waals surface area (Å²) in [6.07, 6.45) is 0.336. The molecule has 176 valence electrons. The van der Waals surface area contributed by atoms with Gasteiger partial charge in [-0.25, -0.2) is 4.98 Å². The molecule has 34 heavy (non-hydrogen) atoms. The molecule has 0 spiro atoms. The molecule has 0 saturated carbocycles. The molecule has 0 saturated heterocycles. The minimum absolute atomic E-state index is 0.103. The molecule has 0 unspecified atom stereocenters. The normalized spacial score (nSPS) is 10.8. The number of amides is 1. The maximum atomic E-state index is 13.0. The van der Waals surface area contributed by atoms with Crippen LogP contribution >= 0.6 is 0 Å². The van der Waals surface area contributed by atoms with Crippen molar-refractivity contribution in [3.8, 4) is 11.5 Å². The van der Waals surface area contributed by atoms with Gasteiger partial charge in [-0.2, -0.15) is 9.50 Å². The topological polar surface area (TPSA) is 123 Å². The molecule has 0 aliphatic heterocycles. The molecule has 10 heteroatoms. The van der Waals surface area contributed by atoms with Gasteiger partial charge in [0.15, 0.2) is 0 Å². The highest BCUT2D eigenvalue weighted by Gasteiger charge is 2.16. The Labute approximate surface area is 195 Å². The van der Waals surface area contributed by atoms with Crippen LogP contribution in [0.1, 0.15) is 23.2 Å². The number of carbonyl (C=O) groups is 1. The third-order valence-corrected chi connectivity index (χ3v) is 5.38. The molecule has 10 nitrogen and oxygen atoms in total. The predicted octanol–water partition coefficient (Wildman–Crippen LogP) is 2.93. The zero-order valence-corrected chi connectivity index (χ0v) is 19.2. The van der Waals surface area contributed by atoms with Gasteiger partial charge in [0.05, 0.1) is 25.6 Å². The Kier molecular flexibility index (Phi) is 6.77. The standard InChI is InChI=1S/C24H26N6O4/c1-15-18(10-12-21(31)27-19-11-9-17(33-2)13-20(19)34-3)22(32)30-24(26-15)28-23(29-30)25-14-16-7-5-4-6-8-16/h4-9,11,13H,10,12,14H2,1-3H3,(H,27,31)(H2,25,26,28,29). The van der Waals surface area contributed by atoms with Crippen molar-refractivity contribution >= 4 is 23.3 Å². The summed E-state index contributed by atoms with van der Waals surface area (Å²) < 4.78 is 11.8. The highest BCUT2D eigenvalue weighted by molar-refractivity contribution is 5.92. The molecule has 0 atom stereocenters. The van der Waals surface area contributed by atoms with Gasteiger partial charge in [0, 0.05) is 24.6 Å². The number of benzene rings is 2. The summed E-state index contributed by atoms with van der Waals surface area (Å²) in [4.78, 5) is 34.4. The van der Waals surface area contributed by atoms with E-state index in [4.69, 9.17) is 9.47 Å². The quantitative estimate of drug-likeness (QED) is 0.349. The Bertz CT molecular complexity index is 1360. The second-order valence-electron chi connectivity index (χ2n) is 7.64. The first-order chi connectivity index (χ1) is 16.5. The van der Waals surface area contributed by atoms with E-state index in [0.29, 0.717) is 40.9 Å². The number of ether oxygens (including phenoxy) is 2. The number of hydrogen-bond donors (Lipinski definition) is 3. The molecule has 4 aromatic rings. The Morgan fingerprint density at radius 2 is 1.88 bits per heavy atom. The smallest absolute Gasteiger partial charge is 0.277 e. The minimum Gasteiger partial charge on any atom is -0.497 e. The zero-order chi connectivity index (χ0) is 24.1. The van der Waals surface area contributed by atoms with Crippen molar-refractivity contribution in [3.05, 3.63) is 75.7 Å². The van der Waals surface area contributed by atoms with E-state index >= 15 is 0 Å². The Hall–Kier alpha value is -4.34. The van der Waals surface area contributed by atoms with Gasteiger partial charge in [-0.05, 0) is 31.0 Å². The summed E-state index contributed by atoms with van der Waals surface area (Å²) in [7, 11) is 3.07. The third kappa shape index (κ3) is 5.01. The minimum atomic E-state index is -0.280. The molecule has 0 bridgehead atoms. The van der Waals surface area contributed by atoms with Crippen LogP contribution in [0.15, 0.2) is 53.3 Å². The first-order valence-electron chi connectivity index (χ1n) is 10.8. The number of fused-ring (bicyclic) bond motifs is 1. The van der Waals surface area contributed by atoms with Gasteiger partial charge in [0.1, 0.15) is 11.5 Å². The van der Waals surface area contributed by atoms with Crippen LogP contribution in [0.5, 0.6) is 11.5 Å². The van der Waals surface area contributed by atoms with E-state index < -0.39 is 0 Å². The van der Waals surface area contributed by atoms with E-state index in [1.54, 1.807) is 32.2 Å². The van der Waals surface area contributed by atoms with Crippen LogP contribution in [0.25, 0.3) is 5.78 Å². The summed E-state index contributed by atoms with van der Waals surface area (Å²) in [6, 6.07) is 15.0. The number of hydrogen-bond acceptors (Lipinski definition) is 7. The number of rotatable bonds is 9. The number of aromatic amines is 1. The van der Waals surface area contributed by atoms with Crippen molar-refractivity contribution in [3.63, 3.8) is 0 Å². The van der Waals surface area contributed by atoms with Crippen LogP contribution in [0.4, 0.5) is 11.6 Å². The van der Waals surface area contributed by atoms with Gasteiger partial charge >= 0.3 is 0 Å². The van der Waals surface area contributed by atoms with E-state index in [1.807, 2.05) is 30.3 Å². The lowest BCUT2D eigenvalue weighted by Gasteiger charge is -2.11. The molecule has 1 amide bonds. The number of nitrogens with one attached hydrogen (secondary N) is 3. The number of carbonyl (C=O) groups excluding carboxylic acids is 1. The Morgan fingerprint density at radius 1 is 1.09 bits per heavy atom. The van der Waals surface area contributed by atoms with Crippen LogP contribution in [0, 0.1) is 6.92 Å². The lowest BCUT2D eigenvalue weighted by atomic mass is 10.1. The number of aromatic nitrogens is 4. The summed E-state index contributed by atoms with van der Waals surface area (Å²) in [5.41, 5.74) is 2.32. The first-order valence-corrected chi connectivity index (χ1v) is 10.8. The molecular weight excluding hydrogens is 436 g/mol. The number of anilines is 2. The third-order valence-electron chi connectivity index (χ3n) is 5.38. The van der Waals surface area contributed by atoms with Crippen LogP contribution in [-0.2, 0) is 17.8 Å². The van der Waals surface area contributed by atoms with Crippen molar-refractivity contribution in [2.75, 3.05) is 24.9 Å². The molecule has 2 heterocycles. The molecule has 2 aromatic heterocycles. The molecule has 4 rings (SSSR count). The van der Waals surface area contributed by atoms with Crippen LogP contribution < -0.4 is 25.7 Å². The Morgan fingerprint density at radius 3 is 2.62 bits per heavy atom. The van der Waals surface area contributed by atoms with Crippen molar-refractivity contribution in [1.82, 2.24) is 19.6 Å². The predicted molar refractivity (Wildman–Crippen MR) is 129 cm³/mol. The molecule has 0 aliphatic rings. The lowest BCUT2D eigenvalue weighted by molar-refractivity contribution is -0.116. The largest absolute Gasteiger partial charge is 0.497 e. The van der Waals surface area contributed by atoms with Gasteiger partial charge in [-0.3, -0.25) is 14.7 Å². The van der Waals surface area contributed by atoms with E-state index in [9.17, 15) is 9.59 Å².